The molecule has 0 radical (unpaired) electrons. The van der Waals surface area contributed by atoms with Crippen molar-refractivity contribution in [3.8, 4) is 5.75 Å². The van der Waals surface area contributed by atoms with Crippen LogP contribution in [0, 0.1) is 0 Å². The smallest absolute Gasteiger partial charge is 0.335 e. The first-order chi connectivity index (χ1) is 14.0. The van der Waals surface area contributed by atoms with Crippen LogP contribution in [0.5, 0.6) is 5.75 Å². The highest BCUT2D eigenvalue weighted by Crippen LogP contribution is 2.30. The third-order valence-corrected chi connectivity index (χ3v) is 5.47. The largest absolute Gasteiger partial charge is 0.492 e. The SMILES string of the molecule is CC(NC(=O)C1(NCCOc2ccccc2)CCCC1)c1ccc(C(=O)O)cc1. The van der Waals surface area contributed by atoms with Crippen molar-refractivity contribution in [3.05, 3.63) is 65.7 Å². The molecule has 0 aromatic heterocycles. The van der Waals surface area contributed by atoms with Crippen LogP contribution in [0.1, 0.15) is 54.6 Å². The minimum absolute atomic E-state index is 0.00970. The van der Waals surface area contributed by atoms with Gasteiger partial charge in [0.25, 0.3) is 0 Å². The number of nitrogens with one attached hydrogen (secondary N) is 2. The van der Waals surface area contributed by atoms with Gasteiger partial charge < -0.3 is 15.2 Å². The van der Waals surface area contributed by atoms with Crippen molar-refractivity contribution in [2.45, 2.75) is 44.2 Å². The lowest BCUT2D eigenvalue weighted by molar-refractivity contribution is -0.128. The quantitative estimate of drug-likeness (QED) is 0.564. The van der Waals surface area contributed by atoms with Crippen LogP contribution in [-0.4, -0.2) is 35.7 Å². The maximum Gasteiger partial charge on any atom is 0.335 e. The zero-order chi connectivity index (χ0) is 20.7. The van der Waals surface area contributed by atoms with E-state index in [0.29, 0.717) is 13.2 Å². The molecular formula is C23H28N2O4. The van der Waals surface area contributed by atoms with Crippen LogP contribution in [0.4, 0.5) is 0 Å². The molecule has 6 nitrogen and oxygen atoms in total. The molecule has 3 rings (SSSR count). The summed E-state index contributed by atoms with van der Waals surface area (Å²) in [5.41, 5.74) is 0.540. The number of hydrogen-bond donors (Lipinski definition) is 3. The Kier molecular flexibility index (Phi) is 6.88. The molecule has 29 heavy (non-hydrogen) atoms. The summed E-state index contributed by atoms with van der Waals surface area (Å²) in [5, 5.41) is 15.6. The molecule has 1 atom stereocenters. The van der Waals surface area contributed by atoms with Crippen LogP contribution in [-0.2, 0) is 4.79 Å². The third kappa shape index (κ3) is 5.35. The molecule has 0 heterocycles. The molecule has 0 aliphatic heterocycles. The van der Waals surface area contributed by atoms with Gasteiger partial charge in [-0.05, 0) is 49.6 Å². The number of amides is 1. The Morgan fingerprint density at radius 3 is 2.34 bits per heavy atom. The lowest BCUT2D eigenvalue weighted by Crippen LogP contribution is -2.56. The van der Waals surface area contributed by atoms with Gasteiger partial charge in [-0.2, -0.15) is 0 Å². The molecule has 0 saturated heterocycles. The van der Waals surface area contributed by atoms with Crippen molar-refractivity contribution in [1.82, 2.24) is 10.6 Å². The van der Waals surface area contributed by atoms with Crippen molar-refractivity contribution in [3.63, 3.8) is 0 Å². The predicted molar refractivity (Wildman–Crippen MR) is 111 cm³/mol. The molecule has 2 aromatic carbocycles. The molecule has 1 aliphatic rings. The second-order valence-electron chi connectivity index (χ2n) is 7.50. The molecule has 1 aliphatic carbocycles. The fourth-order valence-electron chi connectivity index (χ4n) is 3.77. The van der Waals surface area contributed by atoms with Gasteiger partial charge in [-0.1, -0.05) is 43.2 Å². The highest BCUT2D eigenvalue weighted by atomic mass is 16.5. The average Bonchev–Trinajstić information content (AvgIpc) is 3.22. The zero-order valence-corrected chi connectivity index (χ0v) is 16.7. The van der Waals surface area contributed by atoms with Crippen molar-refractivity contribution in [2.24, 2.45) is 0 Å². The van der Waals surface area contributed by atoms with E-state index in [1.54, 1.807) is 24.3 Å². The van der Waals surface area contributed by atoms with Crippen LogP contribution in [0.2, 0.25) is 0 Å². The number of benzene rings is 2. The summed E-state index contributed by atoms with van der Waals surface area (Å²) in [6, 6.07) is 16.0. The number of carbonyl (C=O) groups excluding carboxylic acids is 1. The molecular weight excluding hydrogens is 368 g/mol. The summed E-state index contributed by atoms with van der Waals surface area (Å²) < 4.78 is 5.73. The number of carboxylic acids is 1. The number of ether oxygens (including phenoxy) is 1. The minimum Gasteiger partial charge on any atom is -0.492 e. The minimum atomic E-state index is -0.958. The highest BCUT2D eigenvalue weighted by molar-refractivity contribution is 5.88. The zero-order valence-electron chi connectivity index (χ0n) is 16.7. The molecule has 0 bridgehead atoms. The van der Waals surface area contributed by atoms with Gasteiger partial charge in [-0.25, -0.2) is 4.79 Å². The van der Waals surface area contributed by atoms with Crippen molar-refractivity contribution in [2.75, 3.05) is 13.2 Å². The molecule has 1 amide bonds. The molecule has 154 valence electrons. The Morgan fingerprint density at radius 2 is 1.72 bits per heavy atom. The maximum atomic E-state index is 13.1. The Labute approximate surface area is 171 Å². The number of aromatic carboxylic acids is 1. The molecule has 0 spiro atoms. The fourth-order valence-corrected chi connectivity index (χ4v) is 3.77. The number of hydrogen-bond acceptors (Lipinski definition) is 4. The number of rotatable bonds is 9. The van der Waals surface area contributed by atoms with E-state index in [4.69, 9.17) is 9.84 Å². The molecule has 6 heteroatoms. The highest BCUT2D eigenvalue weighted by Gasteiger charge is 2.41. The van der Waals surface area contributed by atoms with Gasteiger partial charge in [0.1, 0.15) is 12.4 Å². The Hall–Kier alpha value is -2.86. The van der Waals surface area contributed by atoms with Gasteiger partial charge in [0.2, 0.25) is 5.91 Å². The summed E-state index contributed by atoms with van der Waals surface area (Å²) >= 11 is 0. The van der Waals surface area contributed by atoms with E-state index in [1.807, 2.05) is 37.3 Å². The van der Waals surface area contributed by atoms with Crippen LogP contribution in [0.3, 0.4) is 0 Å². The van der Waals surface area contributed by atoms with Gasteiger partial charge >= 0.3 is 5.97 Å². The van der Waals surface area contributed by atoms with Crippen molar-refractivity contribution in [1.29, 1.82) is 0 Å². The Balaban J connectivity index is 1.56. The van der Waals surface area contributed by atoms with E-state index in [9.17, 15) is 9.59 Å². The lowest BCUT2D eigenvalue weighted by atomic mass is 9.95. The number of carbonyl (C=O) groups is 2. The first kappa shape index (κ1) is 20.9. The predicted octanol–water partition coefficient (Wildman–Crippen LogP) is 3.54. The summed E-state index contributed by atoms with van der Waals surface area (Å²) in [7, 11) is 0. The molecule has 2 aromatic rings. The summed E-state index contributed by atoms with van der Waals surface area (Å²) in [6.45, 7) is 2.99. The van der Waals surface area contributed by atoms with Crippen LogP contribution >= 0.6 is 0 Å². The number of carboxylic acid groups (broad SMARTS) is 1. The second-order valence-corrected chi connectivity index (χ2v) is 7.50. The topological polar surface area (TPSA) is 87.7 Å². The standard InChI is InChI=1S/C23H28N2O4/c1-17(18-9-11-19(12-10-18)21(26)27)25-22(28)23(13-5-6-14-23)24-15-16-29-20-7-3-2-4-8-20/h2-4,7-12,17,24H,5-6,13-16H2,1H3,(H,25,28)(H,26,27). The summed E-state index contributed by atoms with van der Waals surface area (Å²) in [4.78, 5) is 24.1. The van der Waals surface area contributed by atoms with E-state index in [-0.39, 0.29) is 17.5 Å². The molecule has 1 saturated carbocycles. The average molecular weight is 396 g/mol. The maximum absolute atomic E-state index is 13.1. The van der Waals surface area contributed by atoms with E-state index in [2.05, 4.69) is 10.6 Å². The van der Waals surface area contributed by atoms with Crippen molar-refractivity contribution < 1.29 is 19.4 Å². The third-order valence-electron chi connectivity index (χ3n) is 5.47. The van der Waals surface area contributed by atoms with E-state index >= 15 is 0 Å². The molecule has 1 fully saturated rings. The van der Waals surface area contributed by atoms with E-state index < -0.39 is 11.5 Å². The Morgan fingerprint density at radius 1 is 1.07 bits per heavy atom. The van der Waals surface area contributed by atoms with Crippen LogP contribution < -0.4 is 15.4 Å². The Bertz CT molecular complexity index is 815. The van der Waals surface area contributed by atoms with Gasteiger partial charge in [0.05, 0.1) is 17.1 Å². The molecule has 1 unspecified atom stereocenters. The van der Waals surface area contributed by atoms with Crippen LogP contribution in [0.25, 0.3) is 0 Å². The second kappa shape index (κ2) is 9.56. The van der Waals surface area contributed by atoms with E-state index in [0.717, 1.165) is 37.0 Å². The fraction of sp³-hybridized carbons (Fsp3) is 0.391. The summed E-state index contributed by atoms with van der Waals surface area (Å²) in [5.74, 6) is -0.151. The van der Waals surface area contributed by atoms with Crippen LogP contribution in [0.15, 0.2) is 54.6 Å². The normalized spacial score (nSPS) is 16.2. The van der Waals surface area contributed by atoms with Gasteiger partial charge in [-0.3, -0.25) is 10.1 Å². The van der Waals surface area contributed by atoms with Gasteiger partial charge in [0.15, 0.2) is 0 Å². The van der Waals surface area contributed by atoms with Gasteiger partial charge in [0, 0.05) is 6.54 Å². The van der Waals surface area contributed by atoms with Gasteiger partial charge in [-0.15, -0.1) is 0 Å². The number of para-hydroxylation sites is 1. The monoisotopic (exact) mass is 396 g/mol. The molecule has 3 N–H and O–H groups in total. The van der Waals surface area contributed by atoms with Crippen molar-refractivity contribution >= 4 is 11.9 Å². The van der Waals surface area contributed by atoms with E-state index in [1.165, 1.54) is 0 Å². The first-order valence-corrected chi connectivity index (χ1v) is 10.1. The summed E-state index contributed by atoms with van der Waals surface area (Å²) in [6.07, 6.45) is 3.63. The lowest BCUT2D eigenvalue weighted by Gasteiger charge is -2.31. The first-order valence-electron chi connectivity index (χ1n) is 10.1.